The second kappa shape index (κ2) is 8.16. The van der Waals surface area contributed by atoms with Crippen LogP contribution in [-0.2, 0) is 4.79 Å². The van der Waals surface area contributed by atoms with Gasteiger partial charge < -0.3 is 10.6 Å². The van der Waals surface area contributed by atoms with Crippen LogP contribution in [-0.4, -0.2) is 25.0 Å². The molecular formula is C18H31ClN2O. The average molecular weight is 327 g/mol. The summed E-state index contributed by atoms with van der Waals surface area (Å²) < 4.78 is 0. The lowest BCUT2D eigenvalue weighted by molar-refractivity contribution is -0.117. The zero-order valence-electron chi connectivity index (χ0n) is 14.4. The molecule has 1 aliphatic heterocycles. The molecule has 126 valence electrons. The summed E-state index contributed by atoms with van der Waals surface area (Å²) in [6.07, 6.45) is 7.66. The highest BCUT2D eigenvalue weighted by Gasteiger charge is 2.29. The van der Waals surface area contributed by atoms with Crippen molar-refractivity contribution in [1.29, 1.82) is 0 Å². The highest BCUT2D eigenvalue weighted by molar-refractivity contribution is 5.89. The Morgan fingerprint density at radius 3 is 2.68 bits per heavy atom. The summed E-state index contributed by atoms with van der Waals surface area (Å²) in [5.41, 5.74) is 4.17. The van der Waals surface area contributed by atoms with Crippen LogP contribution in [0.1, 0.15) is 59.8 Å². The zero-order chi connectivity index (χ0) is 15.5. The monoisotopic (exact) mass is 326 g/mol. The molecule has 1 saturated heterocycles. The van der Waals surface area contributed by atoms with Crippen LogP contribution in [0.2, 0.25) is 0 Å². The number of allylic oxidation sites excluding steroid dienone is 3. The van der Waals surface area contributed by atoms with Crippen molar-refractivity contribution in [1.82, 2.24) is 10.6 Å². The Kier molecular flexibility index (Phi) is 7.14. The van der Waals surface area contributed by atoms with Crippen molar-refractivity contribution in [3.05, 3.63) is 22.8 Å². The summed E-state index contributed by atoms with van der Waals surface area (Å²) in [6.45, 7) is 10.9. The minimum Gasteiger partial charge on any atom is -0.349 e. The van der Waals surface area contributed by atoms with Gasteiger partial charge in [-0.2, -0.15) is 0 Å². The van der Waals surface area contributed by atoms with E-state index in [0.29, 0.717) is 0 Å². The van der Waals surface area contributed by atoms with Gasteiger partial charge in [-0.25, -0.2) is 0 Å². The largest absolute Gasteiger partial charge is 0.349 e. The molecule has 2 N–H and O–H groups in total. The number of carbonyl (C=O) groups excluding carboxylic acids is 1. The summed E-state index contributed by atoms with van der Waals surface area (Å²) >= 11 is 0. The zero-order valence-corrected chi connectivity index (χ0v) is 15.2. The maximum absolute atomic E-state index is 12.2. The molecule has 0 aromatic heterocycles. The first-order valence-corrected chi connectivity index (χ1v) is 8.30. The van der Waals surface area contributed by atoms with Gasteiger partial charge in [0.15, 0.2) is 0 Å². The van der Waals surface area contributed by atoms with Gasteiger partial charge in [0, 0.05) is 18.7 Å². The van der Waals surface area contributed by atoms with E-state index in [2.05, 4.69) is 38.3 Å². The van der Waals surface area contributed by atoms with Gasteiger partial charge in [-0.15, -0.1) is 12.4 Å². The summed E-state index contributed by atoms with van der Waals surface area (Å²) in [5, 5.41) is 6.46. The van der Waals surface area contributed by atoms with E-state index >= 15 is 0 Å². The Morgan fingerprint density at radius 2 is 2.09 bits per heavy atom. The van der Waals surface area contributed by atoms with Gasteiger partial charge in [0.25, 0.3) is 0 Å². The van der Waals surface area contributed by atoms with Crippen LogP contribution < -0.4 is 10.6 Å². The van der Waals surface area contributed by atoms with Gasteiger partial charge in [-0.1, -0.05) is 19.4 Å². The summed E-state index contributed by atoms with van der Waals surface area (Å²) in [5.74, 6) is 0.0582. The third-order valence-electron chi connectivity index (χ3n) is 4.84. The van der Waals surface area contributed by atoms with E-state index in [-0.39, 0.29) is 29.8 Å². The van der Waals surface area contributed by atoms with Crippen molar-refractivity contribution in [3.8, 4) is 0 Å². The van der Waals surface area contributed by atoms with Crippen LogP contribution in [0, 0.1) is 5.41 Å². The molecule has 0 saturated carbocycles. The van der Waals surface area contributed by atoms with Crippen molar-refractivity contribution in [2.75, 3.05) is 13.1 Å². The van der Waals surface area contributed by atoms with Crippen LogP contribution in [0.5, 0.6) is 0 Å². The van der Waals surface area contributed by atoms with Gasteiger partial charge in [0.1, 0.15) is 0 Å². The van der Waals surface area contributed by atoms with E-state index in [1.165, 1.54) is 24.0 Å². The average Bonchev–Trinajstić information content (AvgIpc) is 2.38. The molecule has 0 radical (unpaired) electrons. The van der Waals surface area contributed by atoms with E-state index in [1.54, 1.807) is 6.08 Å². The third-order valence-corrected chi connectivity index (χ3v) is 4.84. The molecule has 1 unspecified atom stereocenters. The van der Waals surface area contributed by atoms with Gasteiger partial charge >= 0.3 is 0 Å². The standard InChI is InChI=1S/C18H30N2O.ClH/c1-13-7-5-9-18(3,4)17(13)14(2)11-16(21)20-15-8-6-10-19-12-15;/h11,15,19H,5-10,12H2,1-4H3,(H,20,21);1H/b14-11+;. The lowest BCUT2D eigenvalue weighted by Crippen LogP contribution is -2.45. The molecule has 4 heteroatoms. The van der Waals surface area contributed by atoms with E-state index < -0.39 is 0 Å². The number of nitrogens with one attached hydrogen (secondary N) is 2. The van der Waals surface area contributed by atoms with Crippen molar-refractivity contribution < 1.29 is 4.79 Å². The van der Waals surface area contributed by atoms with Crippen molar-refractivity contribution in [2.45, 2.75) is 65.8 Å². The van der Waals surface area contributed by atoms with E-state index in [9.17, 15) is 4.79 Å². The molecule has 0 aromatic rings. The Balaban J connectivity index is 0.00000242. The van der Waals surface area contributed by atoms with Crippen molar-refractivity contribution in [2.24, 2.45) is 5.41 Å². The highest BCUT2D eigenvalue weighted by atomic mass is 35.5. The number of amides is 1. The summed E-state index contributed by atoms with van der Waals surface area (Å²) in [7, 11) is 0. The molecule has 0 aromatic carbocycles. The minimum atomic E-state index is 0. The minimum absolute atomic E-state index is 0. The Morgan fingerprint density at radius 1 is 1.36 bits per heavy atom. The molecule has 2 aliphatic rings. The molecule has 1 aliphatic carbocycles. The maximum Gasteiger partial charge on any atom is 0.244 e. The first-order chi connectivity index (χ1) is 9.90. The number of hydrogen-bond acceptors (Lipinski definition) is 2. The molecule has 0 spiro atoms. The fourth-order valence-electron chi connectivity index (χ4n) is 3.98. The Labute approximate surface area is 141 Å². The third kappa shape index (κ3) is 4.85. The quantitative estimate of drug-likeness (QED) is 0.775. The summed E-state index contributed by atoms with van der Waals surface area (Å²) in [6, 6.07) is 0.282. The lowest BCUT2D eigenvalue weighted by atomic mass is 9.70. The molecule has 3 nitrogen and oxygen atoms in total. The molecule has 1 fully saturated rings. The van der Waals surface area contributed by atoms with Crippen LogP contribution in [0.3, 0.4) is 0 Å². The Bertz CT molecular complexity index is 460. The SMILES string of the molecule is CC1=C(/C(C)=C/C(=O)NC2CCCNC2)C(C)(C)CCC1.Cl. The number of hydrogen-bond donors (Lipinski definition) is 2. The number of piperidine rings is 1. The van der Waals surface area contributed by atoms with E-state index in [0.717, 1.165) is 37.9 Å². The van der Waals surface area contributed by atoms with Crippen LogP contribution in [0.25, 0.3) is 0 Å². The van der Waals surface area contributed by atoms with E-state index in [4.69, 9.17) is 0 Å². The first-order valence-electron chi connectivity index (χ1n) is 8.30. The van der Waals surface area contributed by atoms with Gasteiger partial charge in [-0.3, -0.25) is 4.79 Å². The first kappa shape index (κ1) is 19.2. The lowest BCUT2D eigenvalue weighted by Gasteiger charge is -2.35. The highest BCUT2D eigenvalue weighted by Crippen LogP contribution is 2.43. The molecule has 1 heterocycles. The second-order valence-corrected chi connectivity index (χ2v) is 7.27. The van der Waals surface area contributed by atoms with Crippen molar-refractivity contribution >= 4 is 18.3 Å². The van der Waals surface area contributed by atoms with E-state index in [1.807, 2.05) is 0 Å². The van der Waals surface area contributed by atoms with Crippen LogP contribution >= 0.6 is 12.4 Å². The molecule has 1 amide bonds. The van der Waals surface area contributed by atoms with Crippen LogP contribution in [0.15, 0.2) is 22.8 Å². The number of carbonyl (C=O) groups is 1. The molecule has 1 atom stereocenters. The smallest absolute Gasteiger partial charge is 0.244 e. The Hall–Kier alpha value is -0.800. The normalized spacial score (nSPS) is 25.5. The van der Waals surface area contributed by atoms with Crippen molar-refractivity contribution in [3.63, 3.8) is 0 Å². The molecular weight excluding hydrogens is 296 g/mol. The van der Waals surface area contributed by atoms with Gasteiger partial charge in [0.2, 0.25) is 5.91 Å². The number of rotatable bonds is 3. The fraction of sp³-hybridized carbons (Fsp3) is 0.722. The van der Waals surface area contributed by atoms with Gasteiger partial charge in [-0.05, 0) is 69.1 Å². The topological polar surface area (TPSA) is 41.1 Å². The predicted octanol–water partition coefficient (Wildman–Crippen LogP) is 3.75. The molecule has 0 bridgehead atoms. The van der Waals surface area contributed by atoms with Gasteiger partial charge in [0.05, 0.1) is 0 Å². The van der Waals surface area contributed by atoms with Crippen LogP contribution in [0.4, 0.5) is 0 Å². The summed E-state index contributed by atoms with van der Waals surface area (Å²) in [4.78, 5) is 12.2. The molecule has 2 rings (SSSR count). The molecule has 22 heavy (non-hydrogen) atoms. The number of halogens is 1. The predicted molar refractivity (Wildman–Crippen MR) is 95.4 cm³/mol. The second-order valence-electron chi connectivity index (χ2n) is 7.27. The fourth-order valence-corrected chi connectivity index (χ4v) is 3.98. The maximum atomic E-state index is 12.2.